The van der Waals surface area contributed by atoms with Crippen molar-refractivity contribution in [2.75, 3.05) is 10.6 Å². The zero-order chi connectivity index (χ0) is 25.9. The number of aryl methyl sites for hydroxylation is 1. The van der Waals surface area contributed by atoms with Crippen LogP contribution in [0.3, 0.4) is 0 Å². The van der Waals surface area contributed by atoms with Gasteiger partial charge < -0.3 is 25.0 Å². The second-order valence-corrected chi connectivity index (χ2v) is 7.59. The predicted molar refractivity (Wildman–Crippen MR) is 118 cm³/mol. The van der Waals surface area contributed by atoms with Gasteiger partial charge >= 0.3 is 6.18 Å². The van der Waals surface area contributed by atoms with Gasteiger partial charge in [0.1, 0.15) is 29.8 Å². The maximum absolute atomic E-state index is 13.1. The molecule has 1 unspecified atom stereocenters. The van der Waals surface area contributed by atoms with Crippen LogP contribution < -0.4 is 16.0 Å². The molecule has 3 aromatic heterocycles. The van der Waals surface area contributed by atoms with E-state index in [1.807, 2.05) is 0 Å². The number of amides is 2. The minimum Gasteiger partial charge on any atom is -0.363 e. The Morgan fingerprint density at radius 1 is 1.00 bits per heavy atom. The molecule has 186 valence electrons. The summed E-state index contributed by atoms with van der Waals surface area (Å²) in [5.74, 6) is -0.907. The first kappa shape index (κ1) is 24.4. The van der Waals surface area contributed by atoms with Crippen LogP contribution in [0.15, 0.2) is 58.0 Å². The lowest BCUT2D eigenvalue weighted by Crippen LogP contribution is -2.27. The van der Waals surface area contributed by atoms with Crippen molar-refractivity contribution in [3.63, 3.8) is 0 Å². The molecular formula is C22H18F3N7O4. The van der Waals surface area contributed by atoms with Gasteiger partial charge in [-0.25, -0.2) is 9.97 Å². The summed E-state index contributed by atoms with van der Waals surface area (Å²) in [4.78, 5) is 33.0. The highest BCUT2D eigenvalue weighted by molar-refractivity contribution is 6.02. The molecule has 0 aliphatic heterocycles. The zero-order valence-corrected chi connectivity index (χ0v) is 18.8. The summed E-state index contributed by atoms with van der Waals surface area (Å²) < 4.78 is 49.1. The standard InChI is InChI=1S/C22H18F3N7O4/c1-11-3-4-13(7-14(11)22(23,24)25)29-21(34)17-8-15(31-36-17)12(2)28-20(33)16-9-19(27-10-26-16)30-18-5-6-35-32-18/h3-10,12H,1-2H3,(H,28,33)(H,29,34)(H,26,27,30,32). The minimum absolute atomic E-state index is 0.0248. The Labute approximate surface area is 201 Å². The quantitative estimate of drug-likeness (QED) is 0.338. The number of anilines is 3. The van der Waals surface area contributed by atoms with Gasteiger partial charge in [0.2, 0.25) is 5.76 Å². The molecule has 0 saturated carbocycles. The zero-order valence-electron chi connectivity index (χ0n) is 18.8. The molecule has 0 aliphatic carbocycles. The number of halogens is 3. The summed E-state index contributed by atoms with van der Waals surface area (Å²) in [6, 6.07) is 6.97. The molecule has 36 heavy (non-hydrogen) atoms. The van der Waals surface area contributed by atoms with Crippen molar-refractivity contribution < 1.29 is 31.8 Å². The molecule has 3 heterocycles. The average Bonchev–Trinajstić information content (AvgIpc) is 3.52. The number of rotatable bonds is 7. The van der Waals surface area contributed by atoms with Crippen molar-refractivity contribution in [2.24, 2.45) is 0 Å². The highest BCUT2D eigenvalue weighted by Crippen LogP contribution is 2.33. The van der Waals surface area contributed by atoms with Crippen LogP contribution in [-0.4, -0.2) is 32.1 Å². The van der Waals surface area contributed by atoms with Crippen LogP contribution in [0.4, 0.5) is 30.5 Å². The summed E-state index contributed by atoms with van der Waals surface area (Å²) in [5, 5.41) is 15.3. The number of aromatic nitrogens is 4. The van der Waals surface area contributed by atoms with E-state index in [4.69, 9.17) is 9.05 Å². The van der Waals surface area contributed by atoms with Crippen LogP contribution in [0.5, 0.6) is 0 Å². The fourth-order valence-corrected chi connectivity index (χ4v) is 3.10. The normalized spacial score (nSPS) is 12.1. The second-order valence-electron chi connectivity index (χ2n) is 7.59. The summed E-state index contributed by atoms with van der Waals surface area (Å²) in [6.07, 6.45) is -2.00. The van der Waals surface area contributed by atoms with Crippen molar-refractivity contribution in [1.82, 2.24) is 25.6 Å². The highest BCUT2D eigenvalue weighted by atomic mass is 19.4. The van der Waals surface area contributed by atoms with Crippen LogP contribution in [-0.2, 0) is 6.18 Å². The first-order valence-electron chi connectivity index (χ1n) is 10.4. The largest absolute Gasteiger partial charge is 0.416 e. The highest BCUT2D eigenvalue weighted by Gasteiger charge is 2.32. The lowest BCUT2D eigenvalue weighted by Gasteiger charge is -2.12. The average molecular weight is 501 g/mol. The molecule has 0 fully saturated rings. The monoisotopic (exact) mass is 501 g/mol. The second kappa shape index (κ2) is 9.85. The Balaban J connectivity index is 1.40. The molecule has 3 N–H and O–H groups in total. The molecule has 0 saturated heterocycles. The Morgan fingerprint density at radius 2 is 1.81 bits per heavy atom. The maximum atomic E-state index is 13.1. The topological polar surface area (TPSA) is 148 Å². The van der Waals surface area contributed by atoms with Crippen molar-refractivity contribution in [3.8, 4) is 0 Å². The van der Waals surface area contributed by atoms with Crippen LogP contribution in [0.25, 0.3) is 0 Å². The van der Waals surface area contributed by atoms with Gasteiger partial charge in [0, 0.05) is 23.9 Å². The van der Waals surface area contributed by atoms with E-state index in [0.29, 0.717) is 11.6 Å². The Morgan fingerprint density at radius 3 is 2.53 bits per heavy atom. The fraction of sp³-hybridized carbons (Fsp3) is 0.182. The van der Waals surface area contributed by atoms with Crippen LogP contribution in [0, 0.1) is 6.92 Å². The molecule has 0 spiro atoms. The van der Waals surface area contributed by atoms with E-state index in [1.54, 1.807) is 13.0 Å². The van der Waals surface area contributed by atoms with Gasteiger partial charge in [0.15, 0.2) is 5.82 Å². The molecule has 0 bridgehead atoms. The SMILES string of the molecule is Cc1ccc(NC(=O)c2cc(C(C)NC(=O)c3cc(Nc4ccon4)ncn3)no2)cc1C(F)(F)F. The third-order valence-electron chi connectivity index (χ3n) is 4.94. The summed E-state index contributed by atoms with van der Waals surface area (Å²) in [5.41, 5.74) is -0.640. The lowest BCUT2D eigenvalue weighted by molar-refractivity contribution is -0.138. The number of alkyl halides is 3. The van der Waals surface area contributed by atoms with Gasteiger partial charge in [-0.1, -0.05) is 16.4 Å². The Kier molecular flexibility index (Phi) is 6.67. The van der Waals surface area contributed by atoms with E-state index in [2.05, 4.69) is 36.2 Å². The maximum Gasteiger partial charge on any atom is 0.416 e. The molecular weight excluding hydrogens is 483 g/mol. The molecule has 0 aliphatic rings. The number of hydrogen-bond acceptors (Lipinski definition) is 9. The third kappa shape index (κ3) is 5.65. The van der Waals surface area contributed by atoms with E-state index in [0.717, 1.165) is 6.07 Å². The van der Waals surface area contributed by atoms with Gasteiger partial charge in [0.05, 0.1) is 11.6 Å². The molecule has 4 aromatic rings. The molecule has 14 heteroatoms. The fourth-order valence-electron chi connectivity index (χ4n) is 3.10. The number of benzene rings is 1. The van der Waals surface area contributed by atoms with Gasteiger partial charge in [-0.2, -0.15) is 13.2 Å². The number of nitrogens with one attached hydrogen (secondary N) is 3. The van der Waals surface area contributed by atoms with E-state index >= 15 is 0 Å². The molecule has 2 amide bonds. The first-order valence-corrected chi connectivity index (χ1v) is 10.4. The Bertz CT molecular complexity index is 1390. The molecule has 4 rings (SSSR count). The van der Waals surface area contributed by atoms with Gasteiger partial charge in [-0.3, -0.25) is 9.59 Å². The summed E-state index contributed by atoms with van der Waals surface area (Å²) in [7, 11) is 0. The van der Waals surface area contributed by atoms with Crippen LogP contribution in [0.1, 0.15) is 50.8 Å². The van der Waals surface area contributed by atoms with Gasteiger partial charge in [0.25, 0.3) is 11.8 Å². The summed E-state index contributed by atoms with van der Waals surface area (Å²) >= 11 is 0. The number of hydrogen-bond donors (Lipinski definition) is 3. The lowest BCUT2D eigenvalue weighted by atomic mass is 10.1. The Hall–Kier alpha value is -4.75. The van der Waals surface area contributed by atoms with E-state index in [9.17, 15) is 22.8 Å². The first-order chi connectivity index (χ1) is 17.1. The molecule has 1 atom stereocenters. The van der Waals surface area contributed by atoms with Crippen LogP contribution in [0.2, 0.25) is 0 Å². The van der Waals surface area contributed by atoms with E-state index in [1.165, 1.54) is 43.8 Å². The predicted octanol–water partition coefficient (Wildman–Crippen LogP) is 4.27. The third-order valence-corrected chi connectivity index (χ3v) is 4.94. The number of nitrogens with zero attached hydrogens (tertiary/aromatic N) is 4. The van der Waals surface area contributed by atoms with Crippen molar-refractivity contribution in [2.45, 2.75) is 26.1 Å². The number of carbonyl (C=O) groups excluding carboxylic acids is 2. The molecule has 0 radical (unpaired) electrons. The van der Waals surface area contributed by atoms with Crippen molar-refractivity contribution in [3.05, 3.63) is 77.3 Å². The molecule has 11 nitrogen and oxygen atoms in total. The minimum atomic E-state index is -4.56. The van der Waals surface area contributed by atoms with Gasteiger partial charge in [-0.05, 0) is 31.5 Å². The van der Waals surface area contributed by atoms with Crippen molar-refractivity contribution >= 4 is 29.1 Å². The molecule has 1 aromatic carbocycles. The summed E-state index contributed by atoms with van der Waals surface area (Å²) in [6.45, 7) is 2.92. The van der Waals surface area contributed by atoms with Crippen molar-refractivity contribution in [1.29, 1.82) is 0 Å². The number of carbonyl (C=O) groups is 2. The van der Waals surface area contributed by atoms with Crippen LogP contribution >= 0.6 is 0 Å². The van der Waals surface area contributed by atoms with Gasteiger partial charge in [-0.15, -0.1) is 0 Å². The van der Waals surface area contributed by atoms with E-state index < -0.39 is 29.6 Å². The van der Waals surface area contributed by atoms with E-state index in [-0.39, 0.29) is 28.4 Å². The smallest absolute Gasteiger partial charge is 0.363 e.